The predicted octanol–water partition coefficient (Wildman–Crippen LogP) is 0.665. The van der Waals surface area contributed by atoms with E-state index in [1.54, 1.807) is 5.32 Å². The van der Waals surface area contributed by atoms with Gasteiger partial charge in [0.05, 0.1) is 6.42 Å². The van der Waals surface area contributed by atoms with Gasteiger partial charge < -0.3 is 15.3 Å². The van der Waals surface area contributed by atoms with Crippen molar-refractivity contribution in [2.24, 2.45) is 0 Å². The largest absolute Gasteiger partial charge is 0.481 e. The highest BCUT2D eigenvalue weighted by molar-refractivity contribution is 5.75. The maximum atomic E-state index is 11.7. The van der Waals surface area contributed by atoms with Gasteiger partial charge in [0.25, 0.3) is 0 Å². The highest BCUT2D eigenvalue weighted by Gasteiger charge is 2.28. The molecule has 0 bridgehead atoms. The molecule has 5 nitrogen and oxygen atoms in total. The molecule has 0 rings (SSSR count). The summed E-state index contributed by atoms with van der Waals surface area (Å²) in [6, 6.07) is -0.950. The molecule has 0 radical (unpaired) electrons. The Balaban J connectivity index is 3.84. The fraction of sp³-hybridized carbons (Fsp3) is 0.714. The van der Waals surface area contributed by atoms with Gasteiger partial charge in [-0.15, -0.1) is 0 Å². The molecule has 2 amide bonds. The molecule has 0 aromatic rings. The summed E-state index contributed by atoms with van der Waals surface area (Å²) in [7, 11) is 1.22. The minimum atomic E-state index is -4.47. The van der Waals surface area contributed by atoms with Crippen molar-refractivity contribution in [1.82, 2.24) is 10.2 Å². The molecule has 15 heavy (non-hydrogen) atoms. The van der Waals surface area contributed by atoms with Crippen LogP contribution in [-0.2, 0) is 4.79 Å². The van der Waals surface area contributed by atoms with Gasteiger partial charge in [0, 0.05) is 13.6 Å². The van der Waals surface area contributed by atoms with Crippen LogP contribution in [0.4, 0.5) is 18.0 Å². The zero-order valence-electron chi connectivity index (χ0n) is 7.97. The summed E-state index contributed by atoms with van der Waals surface area (Å²) in [6.07, 6.45) is -4.78. The number of carboxylic acid groups (broad SMARTS) is 1. The van der Waals surface area contributed by atoms with E-state index in [0.717, 1.165) is 4.90 Å². The van der Waals surface area contributed by atoms with Crippen molar-refractivity contribution >= 4 is 12.0 Å². The van der Waals surface area contributed by atoms with Gasteiger partial charge in [-0.3, -0.25) is 4.79 Å². The van der Waals surface area contributed by atoms with E-state index < -0.39 is 24.7 Å². The van der Waals surface area contributed by atoms with Crippen LogP contribution in [0.1, 0.15) is 6.42 Å². The first-order chi connectivity index (χ1) is 6.72. The van der Waals surface area contributed by atoms with Crippen molar-refractivity contribution < 1.29 is 27.9 Å². The summed E-state index contributed by atoms with van der Waals surface area (Å²) in [5, 5.41) is 9.88. The first kappa shape index (κ1) is 13.5. The minimum absolute atomic E-state index is 0.140. The van der Waals surface area contributed by atoms with Crippen molar-refractivity contribution in [3.8, 4) is 0 Å². The molecule has 8 heteroatoms. The van der Waals surface area contributed by atoms with Crippen molar-refractivity contribution in [2.45, 2.75) is 12.6 Å². The molecule has 0 aliphatic rings. The number of rotatable bonds is 4. The van der Waals surface area contributed by atoms with E-state index in [0.29, 0.717) is 0 Å². The van der Waals surface area contributed by atoms with E-state index in [-0.39, 0.29) is 13.0 Å². The van der Waals surface area contributed by atoms with Crippen LogP contribution in [-0.4, -0.2) is 48.3 Å². The van der Waals surface area contributed by atoms with Crippen LogP contribution in [0, 0.1) is 0 Å². The number of hydrogen-bond acceptors (Lipinski definition) is 2. The van der Waals surface area contributed by atoms with Crippen LogP contribution in [0.5, 0.6) is 0 Å². The Labute approximate surface area is 83.9 Å². The van der Waals surface area contributed by atoms with E-state index in [9.17, 15) is 22.8 Å². The summed E-state index contributed by atoms with van der Waals surface area (Å²) < 4.78 is 35.0. The average molecular weight is 228 g/mol. The van der Waals surface area contributed by atoms with Crippen molar-refractivity contribution in [3.63, 3.8) is 0 Å². The topological polar surface area (TPSA) is 69.6 Å². The second-order valence-corrected chi connectivity index (χ2v) is 2.84. The molecule has 0 saturated carbocycles. The minimum Gasteiger partial charge on any atom is -0.481 e. The zero-order valence-corrected chi connectivity index (χ0v) is 7.97. The van der Waals surface area contributed by atoms with Crippen LogP contribution in [0.25, 0.3) is 0 Å². The third-order valence-electron chi connectivity index (χ3n) is 1.45. The van der Waals surface area contributed by atoms with E-state index in [1.165, 1.54) is 7.05 Å². The maximum Gasteiger partial charge on any atom is 0.405 e. The molecule has 0 aromatic heterocycles. The van der Waals surface area contributed by atoms with E-state index in [1.807, 2.05) is 0 Å². The number of carbonyl (C=O) groups is 2. The van der Waals surface area contributed by atoms with Crippen LogP contribution in [0.3, 0.4) is 0 Å². The van der Waals surface area contributed by atoms with Crippen molar-refractivity contribution in [1.29, 1.82) is 0 Å². The molecule has 0 aliphatic carbocycles. The lowest BCUT2D eigenvalue weighted by molar-refractivity contribution is -0.137. The summed E-state index contributed by atoms with van der Waals surface area (Å²) in [4.78, 5) is 21.9. The smallest absolute Gasteiger partial charge is 0.405 e. The van der Waals surface area contributed by atoms with Crippen molar-refractivity contribution in [2.75, 3.05) is 20.1 Å². The SMILES string of the molecule is CN(CCC(=O)O)C(=O)NCC(F)(F)F. The van der Waals surface area contributed by atoms with Gasteiger partial charge in [0.15, 0.2) is 0 Å². The quantitative estimate of drug-likeness (QED) is 0.742. The Kier molecular flexibility index (Phi) is 4.89. The predicted molar refractivity (Wildman–Crippen MR) is 44.3 cm³/mol. The normalized spacial score (nSPS) is 10.9. The molecule has 0 atom stereocenters. The lowest BCUT2D eigenvalue weighted by Gasteiger charge is -2.17. The molecule has 0 aromatic carbocycles. The molecule has 0 saturated heterocycles. The molecule has 2 N–H and O–H groups in total. The number of aliphatic carboxylic acids is 1. The van der Waals surface area contributed by atoms with Gasteiger partial charge in [-0.1, -0.05) is 0 Å². The van der Waals surface area contributed by atoms with Gasteiger partial charge in [-0.25, -0.2) is 4.79 Å². The Bertz CT molecular complexity index is 242. The highest BCUT2D eigenvalue weighted by Crippen LogP contribution is 2.12. The highest BCUT2D eigenvalue weighted by atomic mass is 19.4. The van der Waals surface area contributed by atoms with E-state index >= 15 is 0 Å². The number of halogens is 3. The monoisotopic (exact) mass is 228 g/mol. The van der Waals surface area contributed by atoms with Crippen LogP contribution < -0.4 is 5.32 Å². The third-order valence-corrected chi connectivity index (χ3v) is 1.45. The Hall–Kier alpha value is -1.47. The number of hydrogen-bond donors (Lipinski definition) is 2. The Morgan fingerprint density at radius 2 is 1.93 bits per heavy atom. The maximum absolute atomic E-state index is 11.7. The van der Waals surface area contributed by atoms with Gasteiger partial charge in [-0.05, 0) is 0 Å². The summed E-state index contributed by atoms with van der Waals surface area (Å²) in [6.45, 7) is -1.57. The third kappa shape index (κ3) is 7.59. The van der Waals surface area contributed by atoms with Gasteiger partial charge in [0.2, 0.25) is 0 Å². The average Bonchev–Trinajstić information content (AvgIpc) is 2.08. The summed E-state index contributed by atoms with van der Waals surface area (Å²) >= 11 is 0. The molecule has 0 heterocycles. The summed E-state index contributed by atoms with van der Waals surface area (Å²) in [5.74, 6) is -1.12. The van der Waals surface area contributed by atoms with Gasteiger partial charge >= 0.3 is 18.2 Å². The second kappa shape index (κ2) is 5.42. The first-order valence-corrected chi connectivity index (χ1v) is 4.00. The zero-order chi connectivity index (χ0) is 12.1. The lowest BCUT2D eigenvalue weighted by Crippen LogP contribution is -2.42. The molecule has 88 valence electrons. The van der Waals surface area contributed by atoms with Crippen molar-refractivity contribution in [3.05, 3.63) is 0 Å². The Morgan fingerprint density at radius 1 is 1.40 bits per heavy atom. The standard InChI is InChI=1S/C7H11F3N2O3/c1-12(3-2-5(13)14)6(15)11-4-7(8,9)10/h2-4H2,1H3,(H,11,15)(H,13,14). The number of amides is 2. The lowest BCUT2D eigenvalue weighted by atomic mass is 10.4. The molecule has 0 fully saturated rings. The van der Waals surface area contributed by atoms with Crippen LogP contribution in [0.2, 0.25) is 0 Å². The number of nitrogens with one attached hydrogen (secondary N) is 1. The fourth-order valence-corrected chi connectivity index (χ4v) is 0.676. The molecular formula is C7H11F3N2O3. The molecule has 0 unspecified atom stereocenters. The van der Waals surface area contributed by atoms with Gasteiger partial charge in [-0.2, -0.15) is 13.2 Å². The first-order valence-electron chi connectivity index (χ1n) is 4.00. The number of nitrogens with zero attached hydrogens (tertiary/aromatic N) is 1. The number of urea groups is 1. The fourth-order valence-electron chi connectivity index (χ4n) is 0.676. The van der Waals surface area contributed by atoms with E-state index in [2.05, 4.69) is 0 Å². The van der Waals surface area contributed by atoms with Crippen LogP contribution >= 0.6 is 0 Å². The number of carboxylic acids is 1. The summed E-state index contributed by atoms with van der Waals surface area (Å²) in [5.41, 5.74) is 0. The number of alkyl halides is 3. The van der Waals surface area contributed by atoms with Crippen LogP contribution in [0.15, 0.2) is 0 Å². The Morgan fingerprint density at radius 3 is 2.33 bits per heavy atom. The molecule has 0 aliphatic heterocycles. The van der Waals surface area contributed by atoms with E-state index in [4.69, 9.17) is 5.11 Å². The molecular weight excluding hydrogens is 217 g/mol. The molecule has 0 spiro atoms. The second-order valence-electron chi connectivity index (χ2n) is 2.84. The van der Waals surface area contributed by atoms with Gasteiger partial charge in [0.1, 0.15) is 6.54 Å². The number of carbonyl (C=O) groups excluding carboxylic acids is 1.